The van der Waals surface area contributed by atoms with Gasteiger partial charge < -0.3 is 20.1 Å². The van der Waals surface area contributed by atoms with E-state index < -0.39 is 17.5 Å². The van der Waals surface area contributed by atoms with Crippen molar-refractivity contribution < 1.29 is 23.0 Å². The fourth-order valence-corrected chi connectivity index (χ4v) is 2.70. The molecule has 1 aliphatic heterocycles. The van der Waals surface area contributed by atoms with E-state index in [0.717, 1.165) is 17.8 Å². The largest absolute Gasteiger partial charge is 0.486 e. The minimum atomic E-state index is -0.862. The number of nitrogens with zero attached hydrogens (tertiary/aromatic N) is 1. The predicted octanol–water partition coefficient (Wildman–Crippen LogP) is 4.13. The van der Waals surface area contributed by atoms with Gasteiger partial charge in [0, 0.05) is 29.7 Å². The van der Waals surface area contributed by atoms with Crippen LogP contribution in [0.4, 0.5) is 25.8 Å². The van der Waals surface area contributed by atoms with Crippen LogP contribution in [0.3, 0.4) is 0 Å². The van der Waals surface area contributed by atoms with Crippen molar-refractivity contribution in [3.63, 3.8) is 0 Å². The second-order valence-electron chi connectivity index (χ2n) is 5.99. The third kappa shape index (κ3) is 3.85. The zero-order chi connectivity index (χ0) is 19.5. The molecular formula is C20H15F2N3O3. The molecule has 2 heterocycles. The summed E-state index contributed by atoms with van der Waals surface area (Å²) in [5.41, 5.74) is 1.30. The number of halogens is 2. The average molecular weight is 383 g/mol. The number of hydrogen-bond donors (Lipinski definition) is 2. The van der Waals surface area contributed by atoms with E-state index in [-0.39, 0.29) is 11.4 Å². The molecule has 8 heteroatoms. The highest BCUT2D eigenvalue weighted by atomic mass is 19.1. The van der Waals surface area contributed by atoms with Gasteiger partial charge in [0.2, 0.25) is 0 Å². The van der Waals surface area contributed by atoms with Crippen LogP contribution in [-0.4, -0.2) is 24.1 Å². The minimum absolute atomic E-state index is 0.0752. The zero-order valence-corrected chi connectivity index (χ0v) is 14.5. The lowest BCUT2D eigenvalue weighted by Gasteiger charge is -2.19. The maximum absolute atomic E-state index is 13.7. The molecule has 4 rings (SSSR count). The number of benzene rings is 2. The number of amides is 1. The first kappa shape index (κ1) is 17.7. The smallest absolute Gasteiger partial charge is 0.274 e. The van der Waals surface area contributed by atoms with E-state index in [1.165, 1.54) is 12.3 Å². The van der Waals surface area contributed by atoms with E-state index in [1.54, 1.807) is 18.2 Å². The molecule has 3 aromatic rings. The molecule has 0 bridgehead atoms. The third-order valence-electron chi connectivity index (χ3n) is 4.00. The summed E-state index contributed by atoms with van der Waals surface area (Å²) < 4.78 is 37.7. The molecule has 1 aromatic heterocycles. The molecule has 0 spiro atoms. The molecule has 6 nitrogen and oxygen atoms in total. The molecule has 142 valence electrons. The van der Waals surface area contributed by atoms with Crippen LogP contribution in [-0.2, 0) is 0 Å². The Morgan fingerprint density at radius 1 is 0.929 bits per heavy atom. The van der Waals surface area contributed by atoms with Gasteiger partial charge in [0.1, 0.15) is 30.5 Å². The number of carbonyl (C=O) groups is 1. The highest BCUT2D eigenvalue weighted by molar-refractivity contribution is 6.03. The summed E-state index contributed by atoms with van der Waals surface area (Å²) in [7, 11) is 0. The molecule has 1 aliphatic rings. The molecule has 0 atom stereocenters. The van der Waals surface area contributed by atoms with Crippen molar-refractivity contribution in [2.24, 2.45) is 0 Å². The Labute approximate surface area is 159 Å². The highest BCUT2D eigenvalue weighted by Crippen LogP contribution is 2.33. The molecule has 0 saturated carbocycles. The van der Waals surface area contributed by atoms with Crippen molar-refractivity contribution in [2.75, 3.05) is 23.8 Å². The van der Waals surface area contributed by atoms with Gasteiger partial charge in [0.15, 0.2) is 11.5 Å². The monoisotopic (exact) mass is 383 g/mol. The lowest BCUT2D eigenvalue weighted by Crippen LogP contribution is -2.15. The zero-order valence-electron chi connectivity index (χ0n) is 14.5. The molecule has 0 radical (unpaired) electrons. The molecular weight excluding hydrogens is 368 g/mol. The minimum Gasteiger partial charge on any atom is -0.486 e. The van der Waals surface area contributed by atoms with Gasteiger partial charge in [0.05, 0.1) is 5.69 Å². The number of anilines is 3. The predicted molar refractivity (Wildman–Crippen MR) is 99.3 cm³/mol. The number of fused-ring (bicyclic) bond motifs is 1. The van der Waals surface area contributed by atoms with Crippen LogP contribution in [0.2, 0.25) is 0 Å². The third-order valence-corrected chi connectivity index (χ3v) is 4.00. The van der Waals surface area contributed by atoms with Crippen LogP contribution in [0.15, 0.2) is 54.7 Å². The van der Waals surface area contributed by atoms with Gasteiger partial charge in [0.25, 0.3) is 5.91 Å². The standard InChI is InChI=1S/C20H15F2N3O3/c21-12-1-3-16(15(22)9-12)25-20(26)17-10-14(5-6-23-17)24-13-2-4-18-19(11-13)28-8-7-27-18/h1-6,9-11H,7-8H2,(H,23,24)(H,25,26). The number of aromatic nitrogens is 1. The number of nitrogens with one attached hydrogen (secondary N) is 2. The number of ether oxygens (including phenoxy) is 2. The fourth-order valence-electron chi connectivity index (χ4n) is 2.70. The molecule has 2 N–H and O–H groups in total. The van der Waals surface area contributed by atoms with Crippen molar-refractivity contribution in [1.82, 2.24) is 4.98 Å². The van der Waals surface area contributed by atoms with Crippen LogP contribution in [0, 0.1) is 11.6 Å². The summed E-state index contributed by atoms with van der Waals surface area (Å²) in [5, 5.41) is 5.53. The van der Waals surface area contributed by atoms with Crippen molar-refractivity contribution in [1.29, 1.82) is 0 Å². The number of hydrogen-bond acceptors (Lipinski definition) is 5. The molecule has 0 aliphatic carbocycles. The quantitative estimate of drug-likeness (QED) is 0.709. The summed E-state index contributed by atoms with van der Waals surface area (Å²) >= 11 is 0. The van der Waals surface area contributed by atoms with Gasteiger partial charge in [-0.3, -0.25) is 9.78 Å². The van der Waals surface area contributed by atoms with Crippen molar-refractivity contribution >= 4 is 23.0 Å². The second kappa shape index (κ2) is 7.51. The molecule has 28 heavy (non-hydrogen) atoms. The number of pyridine rings is 1. The summed E-state index contributed by atoms with van der Waals surface area (Å²) in [6.07, 6.45) is 1.45. The SMILES string of the molecule is O=C(Nc1ccc(F)cc1F)c1cc(Nc2ccc3c(c2)OCCO3)ccn1. The Hall–Kier alpha value is -3.68. The van der Waals surface area contributed by atoms with E-state index in [2.05, 4.69) is 15.6 Å². The lowest BCUT2D eigenvalue weighted by molar-refractivity contribution is 0.102. The summed E-state index contributed by atoms with van der Waals surface area (Å²) in [6.45, 7) is 0.993. The fraction of sp³-hybridized carbons (Fsp3) is 0.100. The first-order valence-electron chi connectivity index (χ1n) is 8.47. The normalized spacial score (nSPS) is 12.4. The second-order valence-corrected chi connectivity index (χ2v) is 5.99. The Kier molecular flexibility index (Phi) is 4.76. The first-order valence-corrected chi connectivity index (χ1v) is 8.47. The van der Waals surface area contributed by atoms with E-state index in [9.17, 15) is 13.6 Å². The van der Waals surface area contributed by atoms with E-state index >= 15 is 0 Å². The molecule has 0 unspecified atom stereocenters. The molecule has 1 amide bonds. The van der Waals surface area contributed by atoms with Crippen LogP contribution in [0.1, 0.15) is 10.5 Å². The van der Waals surface area contributed by atoms with Gasteiger partial charge in [-0.15, -0.1) is 0 Å². The Morgan fingerprint density at radius 3 is 2.54 bits per heavy atom. The van der Waals surface area contributed by atoms with Crippen LogP contribution >= 0.6 is 0 Å². The topological polar surface area (TPSA) is 72.5 Å². The number of rotatable bonds is 4. The van der Waals surface area contributed by atoms with Gasteiger partial charge in [-0.2, -0.15) is 0 Å². The Morgan fingerprint density at radius 2 is 1.71 bits per heavy atom. The Bertz CT molecular complexity index is 1040. The van der Waals surface area contributed by atoms with Gasteiger partial charge in [-0.25, -0.2) is 8.78 Å². The van der Waals surface area contributed by atoms with Crippen LogP contribution in [0.5, 0.6) is 11.5 Å². The van der Waals surface area contributed by atoms with Crippen molar-refractivity contribution in [2.45, 2.75) is 0 Å². The first-order chi connectivity index (χ1) is 13.6. The van der Waals surface area contributed by atoms with E-state index in [4.69, 9.17) is 9.47 Å². The molecule has 0 saturated heterocycles. The summed E-state index contributed by atoms with van der Waals surface area (Å²) in [6, 6.07) is 11.5. The van der Waals surface area contributed by atoms with Crippen molar-refractivity contribution in [3.8, 4) is 11.5 Å². The van der Waals surface area contributed by atoms with Crippen molar-refractivity contribution in [3.05, 3.63) is 72.1 Å². The summed E-state index contributed by atoms with van der Waals surface area (Å²) in [5.74, 6) is -0.891. The number of carbonyl (C=O) groups excluding carboxylic acids is 1. The average Bonchev–Trinajstić information content (AvgIpc) is 2.70. The lowest BCUT2D eigenvalue weighted by atomic mass is 10.2. The summed E-state index contributed by atoms with van der Waals surface area (Å²) in [4.78, 5) is 16.4. The van der Waals surface area contributed by atoms with Crippen LogP contribution in [0.25, 0.3) is 0 Å². The van der Waals surface area contributed by atoms with Gasteiger partial charge >= 0.3 is 0 Å². The highest BCUT2D eigenvalue weighted by Gasteiger charge is 2.14. The van der Waals surface area contributed by atoms with Gasteiger partial charge in [-0.05, 0) is 36.4 Å². The van der Waals surface area contributed by atoms with Crippen LogP contribution < -0.4 is 20.1 Å². The maximum Gasteiger partial charge on any atom is 0.274 e. The van der Waals surface area contributed by atoms with E-state index in [1.807, 2.05) is 6.07 Å². The Balaban J connectivity index is 1.50. The molecule has 0 fully saturated rings. The van der Waals surface area contributed by atoms with E-state index in [0.29, 0.717) is 36.5 Å². The van der Waals surface area contributed by atoms with Gasteiger partial charge in [-0.1, -0.05) is 0 Å². The molecule has 2 aromatic carbocycles. The maximum atomic E-state index is 13.7.